The van der Waals surface area contributed by atoms with Crippen LogP contribution >= 0.6 is 0 Å². The van der Waals surface area contributed by atoms with E-state index in [2.05, 4.69) is 11.8 Å². The van der Waals surface area contributed by atoms with Crippen molar-refractivity contribution in [3.63, 3.8) is 0 Å². The lowest BCUT2D eigenvalue weighted by Gasteiger charge is -2.29. The van der Waals surface area contributed by atoms with Crippen LogP contribution < -0.4 is 10.6 Å². The maximum Gasteiger partial charge on any atom is 0.152 e. The van der Waals surface area contributed by atoms with E-state index >= 15 is 0 Å². The number of hydrogen-bond acceptors (Lipinski definition) is 4. The Balaban J connectivity index is 2.27. The highest BCUT2D eigenvalue weighted by Crippen LogP contribution is 2.29. The summed E-state index contributed by atoms with van der Waals surface area (Å²) in [6.45, 7) is 2.06. The number of nitrogens with zero attached hydrogens (tertiary/aromatic N) is 1. The lowest BCUT2D eigenvalue weighted by molar-refractivity contribution is 0.600. The van der Waals surface area contributed by atoms with E-state index in [1.165, 1.54) is 0 Å². The van der Waals surface area contributed by atoms with Crippen LogP contribution in [-0.4, -0.2) is 33.0 Å². The summed E-state index contributed by atoms with van der Waals surface area (Å²) in [7, 11) is -0.895. The van der Waals surface area contributed by atoms with E-state index in [-0.39, 0.29) is 17.8 Å². The molecule has 1 aliphatic rings. The second-order valence-electron chi connectivity index (χ2n) is 5.24. The summed E-state index contributed by atoms with van der Waals surface area (Å²) in [4.78, 5) is 2.08. The van der Waals surface area contributed by atoms with Crippen molar-refractivity contribution in [1.29, 1.82) is 0 Å². The molecule has 2 atom stereocenters. The van der Waals surface area contributed by atoms with Gasteiger partial charge in [0.1, 0.15) is 0 Å². The molecule has 2 rings (SSSR count). The summed E-state index contributed by atoms with van der Waals surface area (Å²) in [5.74, 6) is 0.545. The zero-order valence-corrected chi connectivity index (χ0v) is 12.4. The smallest absolute Gasteiger partial charge is 0.152 e. The molecule has 1 aromatic rings. The van der Waals surface area contributed by atoms with Crippen molar-refractivity contribution in [2.45, 2.75) is 31.8 Å². The first kappa shape index (κ1) is 14.3. The fourth-order valence-corrected chi connectivity index (χ4v) is 4.39. The average molecular weight is 282 g/mol. The van der Waals surface area contributed by atoms with Crippen LogP contribution in [0.2, 0.25) is 0 Å². The van der Waals surface area contributed by atoms with Gasteiger partial charge in [-0.15, -0.1) is 0 Å². The molecule has 0 amide bonds. The monoisotopic (exact) mass is 282 g/mol. The minimum Gasteiger partial charge on any atom is -0.370 e. The van der Waals surface area contributed by atoms with Crippen molar-refractivity contribution >= 4 is 15.5 Å². The minimum absolute atomic E-state index is 0.00309. The zero-order chi connectivity index (χ0) is 14.0. The van der Waals surface area contributed by atoms with E-state index in [0.717, 1.165) is 17.7 Å². The second kappa shape index (κ2) is 5.51. The van der Waals surface area contributed by atoms with Crippen molar-refractivity contribution in [1.82, 2.24) is 0 Å². The highest BCUT2D eigenvalue weighted by Gasteiger charge is 2.31. The summed E-state index contributed by atoms with van der Waals surface area (Å²) >= 11 is 0. The van der Waals surface area contributed by atoms with Crippen LogP contribution in [0.5, 0.6) is 0 Å². The third kappa shape index (κ3) is 3.09. The lowest BCUT2D eigenvalue weighted by atomic mass is 10.0. The van der Waals surface area contributed by atoms with Gasteiger partial charge in [-0.1, -0.05) is 25.1 Å². The van der Waals surface area contributed by atoms with E-state index in [0.29, 0.717) is 12.2 Å². The number of benzene rings is 1. The fourth-order valence-electron chi connectivity index (χ4n) is 2.62. The molecule has 0 bridgehead atoms. The first-order valence-electron chi connectivity index (χ1n) is 6.72. The molecule has 2 N–H and O–H groups in total. The number of nitrogens with two attached hydrogens (primary N) is 1. The van der Waals surface area contributed by atoms with Gasteiger partial charge in [-0.25, -0.2) is 8.42 Å². The third-order valence-corrected chi connectivity index (χ3v) is 5.66. The highest BCUT2D eigenvalue weighted by atomic mass is 32.2. The Morgan fingerprint density at radius 2 is 2.11 bits per heavy atom. The van der Waals surface area contributed by atoms with Crippen LogP contribution in [0.3, 0.4) is 0 Å². The normalized spacial score (nSPS) is 23.2. The Morgan fingerprint density at radius 1 is 1.42 bits per heavy atom. The molecule has 4 nitrogen and oxygen atoms in total. The van der Waals surface area contributed by atoms with E-state index in [4.69, 9.17) is 5.73 Å². The Hall–Kier alpha value is -1.07. The van der Waals surface area contributed by atoms with Gasteiger partial charge in [-0.3, -0.25) is 0 Å². The molecule has 19 heavy (non-hydrogen) atoms. The van der Waals surface area contributed by atoms with Crippen molar-refractivity contribution in [2.75, 3.05) is 23.5 Å². The van der Waals surface area contributed by atoms with Crippen molar-refractivity contribution in [2.24, 2.45) is 5.73 Å². The lowest BCUT2D eigenvalue weighted by Crippen LogP contribution is -2.33. The predicted molar refractivity (Wildman–Crippen MR) is 79.1 cm³/mol. The molecule has 1 aliphatic heterocycles. The van der Waals surface area contributed by atoms with Gasteiger partial charge in [0.15, 0.2) is 9.84 Å². The molecule has 1 fully saturated rings. The number of hydrogen-bond donors (Lipinski definition) is 1. The molecule has 106 valence electrons. The Kier molecular flexibility index (Phi) is 4.16. The van der Waals surface area contributed by atoms with Crippen molar-refractivity contribution in [3.05, 3.63) is 29.8 Å². The van der Waals surface area contributed by atoms with Gasteiger partial charge in [0.25, 0.3) is 0 Å². The third-order valence-electron chi connectivity index (χ3n) is 3.91. The van der Waals surface area contributed by atoms with E-state index in [9.17, 15) is 8.42 Å². The van der Waals surface area contributed by atoms with Gasteiger partial charge in [0.05, 0.1) is 11.5 Å². The molecule has 0 spiro atoms. The number of para-hydroxylation sites is 1. The number of sulfone groups is 1. The maximum atomic E-state index is 11.6. The van der Waals surface area contributed by atoms with E-state index in [1.54, 1.807) is 0 Å². The topological polar surface area (TPSA) is 63.4 Å². The van der Waals surface area contributed by atoms with Crippen LogP contribution in [-0.2, 0) is 9.84 Å². The summed E-state index contributed by atoms with van der Waals surface area (Å²) in [5.41, 5.74) is 8.29. The molecule has 1 saturated heterocycles. The quantitative estimate of drug-likeness (QED) is 0.913. The SMILES string of the molecule is CC[C@H](N)c1ccccc1N(C)C1CCS(=O)(=O)C1. The summed E-state index contributed by atoms with van der Waals surface area (Å²) < 4.78 is 23.2. The molecule has 1 aromatic carbocycles. The molecular formula is C14H22N2O2S. The van der Waals surface area contributed by atoms with Crippen LogP contribution in [0, 0.1) is 0 Å². The molecule has 5 heteroatoms. The van der Waals surface area contributed by atoms with Gasteiger partial charge in [0.2, 0.25) is 0 Å². The Morgan fingerprint density at radius 3 is 2.68 bits per heavy atom. The minimum atomic E-state index is -2.86. The molecular weight excluding hydrogens is 260 g/mol. The van der Waals surface area contributed by atoms with Crippen LogP contribution in [0.15, 0.2) is 24.3 Å². The van der Waals surface area contributed by atoms with E-state index in [1.807, 2.05) is 31.3 Å². The summed E-state index contributed by atoms with van der Waals surface area (Å²) in [5, 5.41) is 0. The average Bonchev–Trinajstić information content (AvgIpc) is 2.77. The molecule has 0 saturated carbocycles. The first-order valence-corrected chi connectivity index (χ1v) is 8.54. The number of anilines is 1. The van der Waals surface area contributed by atoms with Gasteiger partial charge in [-0.2, -0.15) is 0 Å². The zero-order valence-electron chi connectivity index (χ0n) is 11.5. The maximum absolute atomic E-state index is 11.6. The summed E-state index contributed by atoms with van der Waals surface area (Å²) in [6, 6.07) is 8.07. The molecule has 0 radical (unpaired) electrons. The van der Waals surface area contributed by atoms with Crippen molar-refractivity contribution in [3.8, 4) is 0 Å². The van der Waals surface area contributed by atoms with Gasteiger partial charge in [-0.05, 0) is 24.5 Å². The van der Waals surface area contributed by atoms with Crippen molar-refractivity contribution < 1.29 is 8.42 Å². The number of rotatable bonds is 4. The second-order valence-corrected chi connectivity index (χ2v) is 7.47. The first-order chi connectivity index (χ1) is 8.94. The molecule has 1 heterocycles. The van der Waals surface area contributed by atoms with Crippen LogP contribution in [0.25, 0.3) is 0 Å². The van der Waals surface area contributed by atoms with Gasteiger partial charge < -0.3 is 10.6 Å². The van der Waals surface area contributed by atoms with Crippen LogP contribution in [0.4, 0.5) is 5.69 Å². The molecule has 0 aliphatic carbocycles. The van der Waals surface area contributed by atoms with Gasteiger partial charge in [0, 0.05) is 24.8 Å². The Labute approximate surface area is 115 Å². The highest BCUT2D eigenvalue weighted by molar-refractivity contribution is 7.91. The standard InChI is InChI=1S/C14H22N2O2S/c1-3-13(15)12-6-4-5-7-14(12)16(2)11-8-9-19(17,18)10-11/h4-7,11,13H,3,8-10,15H2,1-2H3/t11?,13-/m0/s1. The molecule has 1 unspecified atom stereocenters. The predicted octanol–water partition coefficient (Wildman–Crippen LogP) is 1.72. The Bertz CT molecular complexity index is 542. The summed E-state index contributed by atoms with van der Waals surface area (Å²) in [6.07, 6.45) is 1.57. The fraction of sp³-hybridized carbons (Fsp3) is 0.571. The van der Waals surface area contributed by atoms with E-state index < -0.39 is 9.84 Å². The van der Waals surface area contributed by atoms with Crippen LogP contribution in [0.1, 0.15) is 31.4 Å². The largest absolute Gasteiger partial charge is 0.370 e. The van der Waals surface area contributed by atoms with Gasteiger partial charge >= 0.3 is 0 Å². The molecule has 0 aromatic heterocycles.